The summed E-state index contributed by atoms with van der Waals surface area (Å²) in [6, 6.07) is 0. The Kier molecular flexibility index (Phi) is 13.4. The number of ketones is 1. The third-order valence-electron chi connectivity index (χ3n) is 8.73. The van der Waals surface area contributed by atoms with Gasteiger partial charge < -0.3 is 33.5 Å². The number of hydrogen-bond donors (Lipinski definition) is 1. The van der Waals surface area contributed by atoms with Gasteiger partial charge in [-0.1, -0.05) is 19.9 Å². The van der Waals surface area contributed by atoms with E-state index in [1.54, 1.807) is 123 Å². The van der Waals surface area contributed by atoms with Gasteiger partial charge in [-0.25, -0.2) is 0 Å². The molecule has 1 fully saturated rings. The molecule has 0 aromatic carbocycles. The predicted octanol–water partition coefficient (Wildman–Crippen LogP) is 5.81. The molecule has 0 bridgehead atoms. The fraction of sp³-hybridized carbons (Fsp3) is 0.769. The summed E-state index contributed by atoms with van der Waals surface area (Å²) < 4.78 is 36.4. The van der Waals surface area contributed by atoms with E-state index in [2.05, 4.69) is 0 Å². The summed E-state index contributed by atoms with van der Waals surface area (Å²) in [7, 11) is 0. The topological polar surface area (TPSA) is 161 Å². The SMILES string of the molecule is CC1=CC(=O)CC(C)(C)[C@]1(O)/C=C/[C@H](C)O[C@@H]1O[C@H](COC(=O)C(C)(C)C)[C@@H](OC(=O)C(C)(C)C)[C@H](OC(=O)C(C)(C)C)[C@H]1OC(=O)C(C)(C)C. The van der Waals surface area contributed by atoms with E-state index in [4.69, 9.17) is 28.4 Å². The highest BCUT2D eigenvalue weighted by atomic mass is 16.7. The highest BCUT2D eigenvalue weighted by Crippen LogP contribution is 2.44. The lowest BCUT2D eigenvalue weighted by Crippen LogP contribution is -2.64. The van der Waals surface area contributed by atoms with Crippen LogP contribution in [0.25, 0.3) is 0 Å². The molecule has 0 saturated carbocycles. The molecule has 51 heavy (non-hydrogen) atoms. The van der Waals surface area contributed by atoms with Crippen molar-refractivity contribution in [2.24, 2.45) is 27.1 Å². The summed E-state index contributed by atoms with van der Waals surface area (Å²) in [5.41, 5.74) is -5.76. The molecule has 0 amide bonds. The highest BCUT2D eigenvalue weighted by Gasteiger charge is 2.55. The number of rotatable bonds is 9. The second-order valence-electron chi connectivity index (χ2n) is 18.6. The molecular weight excluding hydrogens is 660 g/mol. The van der Waals surface area contributed by atoms with E-state index in [-0.39, 0.29) is 12.2 Å². The summed E-state index contributed by atoms with van der Waals surface area (Å²) in [6.07, 6.45) is -3.10. The normalized spacial score (nSPS) is 28.1. The first kappa shape index (κ1) is 44.1. The lowest BCUT2D eigenvalue weighted by molar-refractivity contribution is -0.316. The number of aliphatic hydroxyl groups is 1. The van der Waals surface area contributed by atoms with Crippen LogP contribution in [-0.2, 0) is 52.4 Å². The molecular formula is C39H62O12. The molecule has 2 aliphatic rings. The van der Waals surface area contributed by atoms with Crippen molar-refractivity contribution in [1.29, 1.82) is 0 Å². The summed E-state index contributed by atoms with van der Waals surface area (Å²) in [6.45, 7) is 26.4. The maximum Gasteiger partial charge on any atom is 0.311 e. The maximum absolute atomic E-state index is 13.5. The van der Waals surface area contributed by atoms with Crippen LogP contribution in [-0.4, -0.2) is 83.8 Å². The van der Waals surface area contributed by atoms with Gasteiger partial charge in [-0.15, -0.1) is 0 Å². The second kappa shape index (κ2) is 15.5. The first-order valence-electron chi connectivity index (χ1n) is 17.6. The van der Waals surface area contributed by atoms with Gasteiger partial charge in [-0.3, -0.25) is 24.0 Å². The molecule has 1 heterocycles. The average Bonchev–Trinajstić information content (AvgIpc) is 2.94. The van der Waals surface area contributed by atoms with E-state index in [0.717, 1.165) is 0 Å². The van der Waals surface area contributed by atoms with Crippen LogP contribution in [0.5, 0.6) is 0 Å². The second-order valence-corrected chi connectivity index (χ2v) is 18.6. The lowest BCUT2D eigenvalue weighted by Gasteiger charge is -2.46. The molecule has 12 nitrogen and oxygen atoms in total. The molecule has 7 atom stereocenters. The molecule has 1 aliphatic heterocycles. The molecule has 2 rings (SSSR count). The quantitative estimate of drug-likeness (QED) is 0.173. The molecule has 12 heteroatoms. The molecule has 290 valence electrons. The summed E-state index contributed by atoms with van der Waals surface area (Å²) in [5.74, 6) is -2.67. The van der Waals surface area contributed by atoms with Gasteiger partial charge in [-0.05, 0) is 115 Å². The van der Waals surface area contributed by atoms with Crippen LogP contribution in [0, 0.1) is 27.1 Å². The van der Waals surface area contributed by atoms with Crippen molar-refractivity contribution in [2.75, 3.05) is 6.61 Å². The van der Waals surface area contributed by atoms with Crippen molar-refractivity contribution in [1.82, 2.24) is 0 Å². The standard InChI is InChI=1S/C39H62O12/c1-22-19-24(40)20-38(15,16)39(22,45)18-17-23(2)47-29-28(51-33(44)37(12,13)14)27(50-32(43)36(9,10)11)26(49-31(42)35(6,7)8)25(48-29)21-46-30(41)34(3,4)5/h17-19,23,25-29,45H,20-21H2,1-16H3/b18-17+/t23-,25+,26+,27-,28+,29+,39-/m0/s1. The molecule has 1 aliphatic carbocycles. The number of hydrogen-bond acceptors (Lipinski definition) is 12. The number of ether oxygens (including phenoxy) is 6. The first-order valence-corrected chi connectivity index (χ1v) is 17.6. The van der Waals surface area contributed by atoms with Gasteiger partial charge >= 0.3 is 23.9 Å². The largest absolute Gasteiger partial charge is 0.462 e. The number of carbonyl (C=O) groups excluding carboxylic acids is 5. The fourth-order valence-electron chi connectivity index (χ4n) is 5.19. The minimum absolute atomic E-state index is 0.0882. The van der Waals surface area contributed by atoms with Gasteiger partial charge in [0.25, 0.3) is 0 Å². The van der Waals surface area contributed by atoms with E-state index < -0.39 is 100.0 Å². The van der Waals surface area contributed by atoms with Crippen molar-refractivity contribution in [3.05, 3.63) is 23.8 Å². The molecule has 1 N–H and O–H groups in total. The van der Waals surface area contributed by atoms with E-state index >= 15 is 0 Å². The highest BCUT2D eigenvalue weighted by molar-refractivity contribution is 5.92. The van der Waals surface area contributed by atoms with Crippen molar-refractivity contribution >= 4 is 29.7 Å². The van der Waals surface area contributed by atoms with Gasteiger partial charge in [0.05, 0.1) is 27.8 Å². The lowest BCUT2D eigenvalue weighted by atomic mass is 9.64. The maximum atomic E-state index is 13.5. The summed E-state index contributed by atoms with van der Waals surface area (Å²) in [4.78, 5) is 65.5. The Bertz CT molecular complexity index is 1380. The van der Waals surface area contributed by atoms with Crippen molar-refractivity contribution < 1.29 is 57.5 Å². The zero-order valence-electron chi connectivity index (χ0n) is 33.5. The number of allylic oxidation sites excluding steroid dienone is 1. The summed E-state index contributed by atoms with van der Waals surface area (Å²) >= 11 is 0. The van der Waals surface area contributed by atoms with Crippen molar-refractivity contribution in [2.45, 2.75) is 160 Å². The molecule has 0 aromatic heterocycles. The minimum Gasteiger partial charge on any atom is -0.462 e. The van der Waals surface area contributed by atoms with Crippen molar-refractivity contribution in [3.8, 4) is 0 Å². The Balaban J connectivity index is 2.72. The van der Waals surface area contributed by atoms with Crippen LogP contribution in [0.15, 0.2) is 23.8 Å². The van der Waals surface area contributed by atoms with E-state index in [1.165, 1.54) is 6.08 Å². The van der Waals surface area contributed by atoms with Crippen molar-refractivity contribution in [3.63, 3.8) is 0 Å². The third-order valence-corrected chi connectivity index (χ3v) is 8.73. The smallest absolute Gasteiger partial charge is 0.311 e. The van der Waals surface area contributed by atoms with E-state index in [1.807, 2.05) is 0 Å². The molecule has 0 spiro atoms. The van der Waals surface area contributed by atoms with Gasteiger partial charge in [0.2, 0.25) is 0 Å². The van der Waals surface area contributed by atoms with Gasteiger partial charge in [-0.2, -0.15) is 0 Å². The van der Waals surface area contributed by atoms with E-state index in [0.29, 0.717) is 5.57 Å². The zero-order valence-corrected chi connectivity index (χ0v) is 33.5. The van der Waals surface area contributed by atoms with Gasteiger partial charge in [0.15, 0.2) is 30.4 Å². The van der Waals surface area contributed by atoms with E-state index in [9.17, 15) is 29.1 Å². The Hall–Kier alpha value is -3.09. The van der Waals surface area contributed by atoms with Crippen LogP contribution >= 0.6 is 0 Å². The molecule has 0 aromatic rings. The third kappa shape index (κ3) is 11.2. The fourth-order valence-corrected chi connectivity index (χ4v) is 5.19. The monoisotopic (exact) mass is 722 g/mol. The molecule has 1 saturated heterocycles. The predicted molar refractivity (Wildman–Crippen MR) is 189 cm³/mol. The zero-order chi connectivity index (χ0) is 39.7. The van der Waals surface area contributed by atoms with Crippen LogP contribution in [0.3, 0.4) is 0 Å². The Morgan fingerprint density at radius 2 is 1.24 bits per heavy atom. The van der Waals surface area contributed by atoms with Gasteiger partial charge in [0, 0.05) is 11.8 Å². The molecule has 0 unspecified atom stereocenters. The van der Waals surface area contributed by atoms with Crippen LogP contribution in [0.1, 0.15) is 117 Å². The van der Waals surface area contributed by atoms with Gasteiger partial charge in [0.1, 0.15) is 18.3 Å². The Morgan fingerprint density at radius 3 is 1.67 bits per heavy atom. The Morgan fingerprint density at radius 1 is 0.804 bits per heavy atom. The Labute approximate surface area is 303 Å². The van der Waals surface area contributed by atoms with Crippen LogP contribution < -0.4 is 0 Å². The number of carbonyl (C=O) groups is 5. The summed E-state index contributed by atoms with van der Waals surface area (Å²) in [5, 5.41) is 11.7. The minimum atomic E-state index is -1.48. The molecule has 0 radical (unpaired) electrons. The van der Waals surface area contributed by atoms with Crippen LogP contribution in [0.2, 0.25) is 0 Å². The number of esters is 4. The van der Waals surface area contributed by atoms with Crippen LogP contribution in [0.4, 0.5) is 0 Å². The average molecular weight is 723 g/mol. The first-order chi connectivity index (χ1) is 22.8.